The zero-order valence-electron chi connectivity index (χ0n) is 9.53. The number of anilines is 1. The summed E-state index contributed by atoms with van der Waals surface area (Å²) in [5.74, 6) is 0.615. The number of benzene rings is 1. The molecule has 4 heteroatoms. The summed E-state index contributed by atoms with van der Waals surface area (Å²) in [6.45, 7) is 0.0918. The summed E-state index contributed by atoms with van der Waals surface area (Å²) < 4.78 is 5.28. The molecule has 1 aliphatic heterocycles. The number of aryl methyl sites for hydroxylation is 1. The number of nitriles is 1. The van der Waals surface area contributed by atoms with Crippen molar-refractivity contribution in [1.82, 2.24) is 0 Å². The normalized spacial score (nSPS) is 13.2. The lowest BCUT2D eigenvalue weighted by molar-refractivity contribution is -0.118. The number of carbonyl (C=O) groups is 1. The number of amides is 1. The number of rotatable bonds is 4. The summed E-state index contributed by atoms with van der Waals surface area (Å²) in [7, 11) is 0. The Hall–Kier alpha value is -2.02. The molecule has 1 amide bonds. The third-order valence-corrected chi connectivity index (χ3v) is 2.68. The first-order chi connectivity index (χ1) is 8.29. The monoisotopic (exact) mass is 230 g/mol. The van der Waals surface area contributed by atoms with E-state index >= 15 is 0 Å². The van der Waals surface area contributed by atoms with Gasteiger partial charge in [-0.15, -0.1) is 0 Å². The van der Waals surface area contributed by atoms with E-state index in [1.54, 1.807) is 0 Å². The van der Waals surface area contributed by atoms with E-state index < -0.39 is 0 Å². The van der Waals surface area contributed by atoms with E-state index in [1.807, 2.05) is 18.2 Å². The van der Waals surface area contributed by atoms with Gasteiger partial charge >= 0.3 is 0 Å². The van der Waals surface area contributed by atoms with Gasteiger partial charge in [0.25, 0.3) is 5.91 Å². The number of fused-ring (bicyclic) bond motifs is 1. The second-order valence-corrected chi connectivity index (χ2v) is 4.03. The van der Waals surface area contributed by atoms with Crippen molar-refractivity contribution in [3.05, 3.63) is 23.8 Å². The van der Waals surface area contributed by atoms with Crippen molar-refractivity contribution in [3.8, 4) is 11.8 Å². The van der Waals surface area contributed by atoms with Crippen molar-refractivity contribution in [2.45, 2.75) is 25.7 Å². The van der Waals surface area contributed by atoms with Crippen LogP contribution in [0.1, 0.15) is 24.8 Å². The summed E-state index contributed by atoms with van der Waals surface area (Å²) in [5, 5.41) is 11.2. The van der Waals surface area contributed by atoms with Crippen LogP contribution in [0.3, 0.4) is 0 Å². The Morgan fingerprint density at radius 1 is 1.41 bits per heavy atom. The Bertz CT molecular complexity index is 463. The number of nitrogens with one attached hydrogen (secondary N) is 1. The van der Waals surface area contributed by atoms with E-state index in [4.69, 9.17) is 10.00 Å². The number of hydrogen-bond acceptors (Lipinski definition) is 3. The predicted molar refractivity (Wildman–Crippen MR) is 63.7 cm³/mol. The minimum absolute atomic E-state index is 0.0918. The Morgan fingerprint density at radius 2 is 2.29 bits per heavy atom. The van der Waals surface area contributed by atoms with Crippen molar-refractivity contribution < 1.29 is 9.53 Å². The molecule has 1 aromatic rings. The first kappa shape index (κ1) is 11.5. The fraction of sp³-hybridized carbons (Fsp3) is 0.385. The van der Waals surface area contributed by atoms with Crippen LogP contribution in [0, 0.1) is 11.3 Å². The number of nitrogens with zero attached hydrogens (tertiary/aromatic N) is 1. The van der Waals surface area contributed by atoms with Gasteiger partial charge in [0.15, 0.2) is 6.61 Å². The van der Waals surface area contributed by atoms with Crippen LogP contribution in [0.4, 0.5) is 5.69 Å². The number of unbranched alkanes of at least 4 members (excludes halogenated alkanes) is 2. The van der Waals surface area contributed by atoms with Crippen LogP contribution in [0.2, 0.25) is 0 Å². The van der Waals surface area contributed by atoms with Gasteiger partial charge in [0.2, 0.25) is 0 Å². The molecule has 0 atom stereocenters. The van der Waals surface area contributed by atoms with Crippen LogP contribution >= 0.6 is 0 Å². The zero-order chi connectivity index (χ0) is 12.1. The number of hydrogen-bond donors (Lipinski definition) is 1. The molecule has 0 saturated carbocycles. The molecule has 88 valence electrons. The fourth-order valence-corrected chi connectivity index (χ4v) is 1.82. The number of ether oxygens (including phenoxy) is 1. The highest BCUT2D eigenvalue weighted by molar-refractivity contribution is 5.95. The third-order valence-electron chi connectivity index (χ3n) is 2.68. The van der Waals surface area contributed by atoms with Gasteiger partial charge in [-0.25, -0.2) is 0 Å². The van der Waals surface area contributed by atoms with Crippen LogP contribution in [0.5, 0.6) is 5.75 Å². The van der Waals surface area contributed by atoms with Crippen molar-refractivity contribution in [1.29, 1.82) is 5.26 Å². The minimum Gasteiger partial charge on any atom is -0.482 e. The van der Waals surface area contributed by atoms with Gasteiger partial charge in [0, 0.05) is 6.42 Å². The standard InChI is InChI=1S/C13H14N2O2/c14-7-3-1-2-4-10-5-6-12-11(8-10)15-13(16)9-17-12/h5-6,8H,1-4,9H2,(H,15,16). The molecular formula is C13H14N2O2. The van der Waals surface area contributed by atoms with Crippen molar-refractivity contribution in [2.24, 2.45) is 0 Å². The maximum absolute atomic E-state index is 11.2. The van der Waals surface area contributed by atoms with Crippen molar-refractivity contribution in [2.75, 3.05) is 11.9 Å². The third kappa shape index (κ3) is 2.97. The predicted octanol–water partition coefficient (Wildman–Crippen LogP) is 2.25. The molecule has 1 aliphatic rings. The summed E-state index contributed by atoms with van der Waals surface area (Å²) >= 11 is 0. The first-order valence-corrected chi connectivity index (χ1v) is 5.72. The molecule has 0 saturated heterocycles. The molecule has 4 nitrogen and oxygen atoms in total. The van der Waals surface area contributed by atoms with E-state index in [-0.39, 0.29) is 12.5 Å². The maximum atomic E-state index is 11.2. The molecule has 17 heavy (non-hydrogen) atoms. The Kier molecular flexibility index (Phi) is 3.61. The van der Waals surface area contributed by atoms with E-state index in [0.29, 0.717) is 6.42 Å². The van der Waals surface area contributed by atoms with Gasteiger partial charge in [0.1, 0.15) is 5.75 Å². The first-order valence-electron chi connectivity index (χ1n) is 5.72. The molecule has 0 fully saturated rings. The van der Waals surface area contributed by atoms with Crippen LogP contribution in [-0.2, 0) is 11.2 Å². The summed E-state index contributed by atoms with van der Waals surface area (Å²) in [5.41, 5.74) is 1.91. The topological polar surface area (TPSA) is 62.1 Å². The van der Waals surface area contributed by atoms with Crippen LogP contribution < -0.4 is 10.1 Å². The molecule has 1 heterocycles. The highest BCUT2D eigenvalue weighted by atomic mass is 16.5. The average Bonchev–Trinajstić information content (AvgIpc) is 2.34. The molecule has 0 aliphatic carbocycles. The highest BCUT2D eigenvalue weighted by Gasteiger charge is 2.15. The van der Waals surface area contributed by atoms with E-state index in [1.165, 1.54) is 0 Å². The molecule has 0 aromatic heterocycles. The molecule has 1 aromatic carbocycles. The van der Waals surface area contributed by atoms with E-state index in [0.717, 1.165) is 36.3 Å². The summed E-state index contributed by atoms with van der Waals surface area (Å²) in [4.78, 5) is 11.2. The molecular weight excluding hydrogens is 216 g/mol. The summed E-state index contributed by atoms with van der Waals surface area (Å²) in [6, 6.07) is 7.96. The molecule has 1 N–H and O–H groups in total. The molecule has 0 radical (unpaired) electrons. The van der Waals surface area contributed by atoms with E-state index in [9.17, 15) is 4.79 Å². The Balaban J connectivity index is 1.98. The van der Waals surface area contributed by atoms with Crippen LogP contribution in [0.25, 0.3) is 0 Å². The van der Waals surface area contributed by atoms with Crippen molar-refractivity contribution in [3.63, 3.8) is 0 Å². The summed E-state index contributed by atoms with van der Waals surface area (Å²) in [6.07, 6.45) is 3.42. The molecule has 0 bridgehead atoms. The van der Waals surface area contributed by atoms with Gasteiger partial charge in [-0.05, 0) is 37.0 Å². The maximum Gasteiger partial charge on any atom is 0.262 e. The lowest BCUT2D eigenvalue weighted by Gasteiger charge is -2.18. The Morgan fingerprint density at radius 3 is 3.12 bits per heavy atom. The van der Waals surface area contributed by atoms with Gasteiger partial charge in [0.05, 0.1) is 11.8 Å². The quantitative estimate of drug-likeness (QED) is 0.807. The second-order valence-electron chi connectivity index (χ2n) is 4.03. The van der Waals surface area contributed by atoms with Crippen LogP contribution in [-0.4, -0.2) is 12.5 Å². The largest absolute Gasteiger partial charge is 0.482 e. The SMILES string of the molecule is N#CCCCCc1ccc2c(c1)NC(=O)CO2. The lowest BCUT2D eigenvalue weighted by atomic mass is 10.1. The molecule has 0 unspecified atom stereocenters. The van der Waals surface area contributed by atoms with Gasteiger partial charge in [-0.2, -0.15) is 5.26 Å². The highest BCUT2D eigenvalue weighted by Crippen LogP contribution is 2.28. The molecule has 0 spiro atoms. The van der Waals surface area contributed by atoms with Gasteiger partial charge < -0.3 is 10.1 Å². The lowest BCUT2D eigenvalue weighted by Crippen LogP contribution is -2.25. The van der Waals surface area contributed by atoms with Crippen LogP contribution in [0.15, 0.2) is 18.2 Å². The Labute approximate surface area is 100 Å². The van der Waals surface area contributed by atoms with E-state index in [2.05, 4.69) is 11.4 Å². The van der Waals surface area contributed by atoms with Gasteiger partial charge in [-0.1, -0.05) is 6.07 Å². The van der Waals surface area contributed by atoms with Gasteiger partial charge in [-0.3, -0.25) is 4.79 Å². The van der Waals surface area contributed by atoms with Crippen molar-refractivity contribution >= 4 is 11.6 Å². The average molecular weight is 230 g/mol. The zero-order valence-corrected chi connectivity index (χ0v) is 9.53. The smallest absolute Gasteiger partial charge is 0.262 e. The fourth-order valence-electron chi connectivity index (χ4n) is 1.82. The second kappa shape index (κ2) is 5.35. The minimum atomic E-state index is -0.112. The number of carbonyl (C=O) groups excluding carboxylic acids is 1. The molecule has 2 rings (SSSR count).